The number of aldehydes is 1. The lowest BCUT2D eigenvalue weighted by atomic mass is 10.1. The van der Waals surface area contributed by atoms with Crippen molar-refractivity contribution in [3.05, 3.63) is 35.4 Å². The summed E-state index contributed by atoms with van der Waals surface area (Å²) < 4.78 is 0. The number of aromatic carboxylic acids is 1. The maximum Gasteiger partial charge on any atom is 0.335 e. The average molecular weight is 174 g/mol. The largest absolute Gasteiger partial charge is 0.478 e. The SMILES string of the molecule is O=CC#Cc1ccc(C(=O)O)cc1. The van der Waals surface area contributed by atoms with E-state index < -0.39 is 5.97 Å². The zero-order valence-electron chi connectivity index (χ0n) is 6.65. The minimum absolute atomic E-state index is 0.205. The van der Waals surface area contributed by atoms with Gasteiger partial charge in [0.25, 0.3) is 0 Å². The number of carbonyl (C=O) groups excluding carboxylic acids is 1. The van der Waals surface area contributed by atoms with Crippen LogP contribution in [0.15, 0.2) is 24.3 Å². The fraction of sp³-hybridized carbons (Fsp3) is 0. The number of hydrogen-bond donors (Lipinski definition) is 1. The van der Waals surface area contributed by atoms with E-state index in [2.05, 4.69) is 11.8 Å². The molecule has 0 radical (unpaired) electrons. The minimum atomic E-state index is -0.977. The number of hydrogen-bond acceptors (Lipinski definition) is 2. The summed E-state index contributed by atoms with van der Waals surface area (Å²) in [5.74, 6) is 3.81. The molecular formula is C10H6O3. The van der Waals surface area contributed by atoms with Crippen LogP contribution in [-0.2, 0) is 4.79 Å². The van der Waals surface area contributed by atoms with E-state index in [-0.39, 0.29) is 5.56 Å². The smallest absolute Gasteiger partial charge is 0.335 e. The maximum absolute atomic E-state index is 10.4. The van der Waals surface area contributed by atoms with Gasteiger partial charge >= 0.3 is 5.97 Å². The third-order valence-electron chi connectivity index (χ3n) is 1.41. The Bertz CT molecular complexity index is 379. The van der Waals surface area contributed by atoms with Crippen molar-refractivity contribution in [2.75, 3.05) is 0 Å². The van der Waals surface area contributed by atoms with Crippen LogP contribution < -0.4 is 0 Å². The fourth-order valence-electron chi connectivity index (χ4n) is 0.809. The van der Waals surface area contributed by atoms with E-state index in [1.807, 2.05) is 0 Å². The first-order valence-corrected chi connectivity index (χ1v) is 3.52. The molecule has 0 aliphatic heterocycles. The van der Waals surface area contributed by atoms with Crippen LogP contribution in [0.5, 0.6) is 0 Å². The second-order valence-electron chi connectivity index (χ2n) is 2.27. The molecule has 0 atom stereocenters. The van der Waals surface area contributed by atoms with Gasteiger partial charge in [0, 0.05) is 5.56 Å². The lowest BCUT2D eigenvalue weighted by Gasteiger charge is -1.92. The van der Waals surface area contributed by atoms with Crippen LogP contribution in [0.2, 0.25) is 0 Å². The first kappa shape index (κ1) is 9.01. The number of carboxylic acids is 1. The molecule has 3 nitrogen and oxygen atoms in total. The summed E-state index contributed by atoms with van der Waals surface area (Å²) in [6.07, 6.45) is 0.491. The first-order valence-electron chi connectivity index (χ1n) is 3.52. The van der Waals surface area contributed by atoms with Crippen LogP contribution >= 0.6 is 0 Å². The lowest BCUT2D eigenvalue weighted by molar-refractivity contribution is -0.103. The summed E-state index contributed by atoms with van der Waals surface area (Å²) in [5, 5.41) is 8.56. The van der Waals surface area contributed by atoms with E-state index >= 15 is 0 Å². The van der Waals surface area contributed by atoms with Gasteiger partial charge < -0.3 is 5.11 Å². The third kappa shape index (κ3) is 2.46. The van der Waals surface area contributed by atoms with E-state index in [0.29, 0.717) is 11.8 Å². The van der Waals surface area contributed by atoms with Crippen molar-refractivity contribution in [3.63, 3.8) is 0 Å². The molecule has 0 saturated carbocycles. The molecule has 0 spiro atoms. The Morgan fingerprint density at radius 1 is 1.31 bits per heavy atom. The number of carbonyl (C=O) groups is 2. The van der Waals surface area contributed by atoms with E-state index in [4.69, 9.17) is 5.11 Å². The quantitative estimate of drug-likeness (QED) is 0.509. The maximum atomic E-state index is 10.4. The molecular weight excluding hydrogens is 168 g/mol. The van der Waals surface area contributed by atoms with Gasteiger partial charge in [-0.3, -0.25) is 4.79 Å². The highest BCUT2D eigenvalue weighted by molar-refractivity contribution is 5.87. The van der Waals surface area contributed by atoms with Crippen LogP contribution in [0.1, 0.15) is 15.9 Å². The monoisotopic (exact) mass is 174 g/mol. The van der Waals surface area contributed by atoms with Crippen LogP contribution in [0.25, 0.3) is 0 Å². The Labute approximate surface area is 75.0 Å². The molecule has 1 aromatic rings. The van der Waals surface area contributed by atoms with Gasteiger partial charge in [0.15, 0.2) is 6.29 Å². The molecule has 1 N–H and O–H groups in total. The molecule has 0 aliphatic carbocycles. The van der Waals surface area contributed by atoms with Gasteiger partial charge in [-0.1, -0.05) is 5.92 Å². The van der Waals surface area contributed by atoms with Crippen LogP contribution in [0.3, 0.4) is 0 Å². The van der Waals surface area contributed by atoms with E-state index in [9.17, 15) is 9.59 Å². The molecule has 13 heavy (non-hydrogen) atoms. The molecule has 0 aliphatic rings. The number of benzene rings is 1. The van der Waals surface area contributed by atoms with Crippen LogP contribution in [0, 0.1) is 11.8 Å². The van der Waals surface area contributed by atoms with E-state index in [1.54, 1.807) is 12.1 Å². The molecule has 0 aromatic heterocycles. The summed E-state index contributed by atoms with van der Waals surface area (Å²) >= 11 is 0. The van der Waals surface area contributed by atoms with Crippen molar-refractivity contribution >= 4 is 12.3 Å². The summed E-state index contributed by atoms with van der Waals surface area (Å²) in [4.78, 5) is 20.3. The molecule has 0 fully saturated rings. The topological polar surface area (TPSA) is 54.4 Å². The summed E-state index contributed by atoms with van der Waals surface area (Å²) in [5.41, 5.74) is 0.828. The predicted molar refractivity (Wildman–Crippen MR) is 46.3 cm³/mol. The summed E-state index contributed by atoms with van der Waals surface area (Å²) in [6.45, 7) is 0. The van der Waals surface area contributed by atoms with E-state index in [1.165, 1.54) is 12.1 Å². The van der Waals surface area contributed by atoms with Gasteiger partial charge in [0.05, 0.1) is 5.56 Å². The Kier molecular flexibility index (Phi) is 2.82. The van der Waals surface area contributed by atoms with Crippen LogP contribution in [-0.4, -0.2) is 17.4 Å². The normalized spacial score (nSPS) is 8.31. The highest BCUT2D eigenvalue weighted by atomic mass is 16.4. The lowest BCUT2D eigenvalue weighted by Crippen LogP contribution is -1.94. The minimum Gasteiger partial charge on any atom is -0.478 e. The van der Waals surface area contributed by atoms with Crippen LogP contribution in [0.4, 0.5) is 0 Å². The molecule has 0 bridgehead atoms. The van der Waals surface area contributed by atoms with Crippen molar-refractivity contribution in [2.24, 2.45) is 0 Å². The molecule has 0 heterocycles. The molecule has 1 rings (SSSR count). The molecule has 0 saturated heterocycles. The van der Waals surface area contributed by atoms with Crippen molar-refractivity contribution in [3.8, 4) is 11.8 Å². The first-order chi connectivity index (χ1) is 6.24. The Balaban J connectivity index is 2.93. The van der Waals surface area contributed by atoms with Gasteiger partial charge in [0.1, 0.15) is 0 Å². The van der Waals surface area contributed by atoms with Gasteiger partial charge in [-0.15, -0.1) is 0 Å². The van der Waals surface area contributed by atoms with Crippen molar-refractivity contribution < 1.29 is 14.7 Å². The molecule has 0 unspecified atom stereocenters. The predicted octanol–water partition coefficient (Wildman–Crippen LogP) is 0.935. The molecule has 1 aromatic carbocycles. The highest BCUT2D eigenvalue weighted by Gasteiger charge is 1.99. The summed E-state index contributed by atoms with van der Waals surface area (Å²) in [6, 6.07) is 5.99. The van der Waals surface area contributed by atoms with Crippen molar-refractivity contribution in [2.45, 2.75) is 0 Å². The van der Waals surface area contributed by atoms with Crippen molar-refractivity contribution in [1.82, 2.24) is 0 Å². The zero-order valence-corrected chi connectivity index (χ0v) is 6.65. The Morgan fingerprint density at radius 3 is 2.38 bits per heavy atom. The zero-order chi connectivity index (χ0) is 9.68. The second kappa shape index (κ2) is 4.07. The Hall–Kier alpha value is -2.08. The molecule has 3 heteroatoms. The number of carboxylic acid groups (broad SMARTS) is 1. The highest BCUT2D eigenvalue weighted by Crippen LogP contribution is 2.02. The fourth-order valence-corrected chi connectivity index (χ4v) is 0.809. The molecule has 0 amide bonds. The summed E-state index contributed by atoms with van der Waals surface area (Å²) in [7, 11) is 0. The third-order valence-corrected chi connectivity index (χ3v) is 1.41. The van der Waals surface area contributed by atoms with Gasteiger partial charge in [-0.05, 0) is 30.2 Å². The average Bonchev–Trinajstić information content (AvgIpc) is 2.15. The van der Waals surface area contributed by atoms with Gasteiger partial charge in [0.2, 0.25) is 0 Å². The molecule has 64 valence electrons. The Morgan fingerprint density at radius 2 is 1.92 bits per heavy atom. The standard InChI is InChI=1S/C10H6O3/c11-7-1-2-8-3-5-9(6-4-8)10(12)13/h3-7H,(H,12,13). The second-order valence-corrected chi connectivity index (χ2v) is 2.27. The van der Waals surface area contributed by atoms with E-state index in [0.717, 1.165) is 0 Å². The van der Waals surface area contributed by atoms with Gasteiger partial charge in [-0.25, -0.2) is 4.79 Å². The van der Waals surface area contributed by atoms with Crippen molar-refractivity contribution in [1.29, 1.82) is 0 Å². The van der Waals surface area contributed by atoms with Gasteiger partial charge in [-0.2, -0.15) is 0 Å². The number of rotatable bonds is 1.